The Balaban J connectivity index is 2.61. The number of hydrogen-bond donors (Lipinski definition) is 1. The normalized spacial score (nSPS) is 11.6. The van der Waals surface area contributed by atoms with Crippen LogP contribution in [0.4, 0.5) is 5.82 Å². The molecule has 2 heterocycles. The van der Waals surface area contributed by atoms with E-state index in [0.29, 0.717) is 0 Å². The monoisotopic (exact) mass is 423 g/mol. The number of ether oxygens (including phenoxy) is 2. The van der Waals surface area contributed by atoms with Crippen LogP contribution < -0.4 is 9.46 Å². The Bertz CT molecular complexity index is 1010. The van der Waals surface area contributed by atoms with Crippen LogP contribution in [-0.2, 0) is 14.8 Å². The maximum absolute atomic E-state index is 12.1. The topological polar surface area (TPSA) is 116 Å². The molecule has 0 spiro atoms. The Morgan fingerprint density at radius 2 is 1.96 bits per heavy atom. The smallest absolute Gasteiger partial charge is 0.233 e. The summed E-state index contributed by atoms with van der Waals surface area (Å²) in [7, 11) is -2.30. The van der Waals surface area contributed by atoms with Gasteiger partial charge in [-0.1, -0.05) is 30.8 Å². The van der Waals surface area contributed by atoms with E-state index >= 15 is 0 Å². The van der Waals surface area contributed by atoms with Crippen LogP contribution in [0.5, 0.6) is 5.75 Å². The molecule has 0 saturated carbocycles. The zero-order valence-electron chi connectivity index (χ0n) is 15.2. The molecule has 0 aliphatic rings. The highest BCUT2D eigenvalue weighted by Crippen LogP contribution is 2.35. The zero-order valence-corrected chi connectivity index (χ0v) is 16.8. The van der Waals surface area contributed by atoms with Crippen LogP contribution in [0.15, 0.2) is 55.3 Å². The molecule has 0 saturated heterocycles. The minimum Gasteiger partial charge on any atom is -0.493 e. The SMILES string of the molecule is C=C/C=C(/Oc1c(Cl)nc(-c2ncccn2)nc1NS(=O)(=O)CC)C(=C)OC. The third-order valence-corrected chi connectivity index (χ3v) is 4.75. The Hall–Kier alpha value is -2.98. The summed E-state index contributed by atoms with van der Waals surface area (Å²) in [5.41, 5.74) is 0. The molecule has 0 aliphatic carbocycles. The number of nitrogens with zero attached hydrogens (tertiary/aromatic N) is 4. The number of methoxy groups -OCH3 is 1. The number of allylic oxidation sites excluding steroid dienone is 2. The van der Waals surface area contributed by atoms with Crippen molar-refractivity contribution in [1.29, 1.82) is 0 Å². The third-order valence-electron chi connectivity index (χ3n) is 3.22. The molecule has 0 aliphatic heterocycles. The number of halogens is 1. The van der Waals surface area contributed by atoms with Crippen LogP contribution in [0.2, 0.25) is 5.15 Å². The molecule has 0 fully saturated rings. The van der Waals surface area contributed by atoms with Crippen LogP contribution in [0.25, 0.3) is 11.6 Å². The quantitative estimate of drug-likeness (QED) is 0.371. The van der Waals surface area contributed by atoms with Crippen LogP contribution in [0, 0.1) is 0 Å². The summed E-state index contributed by atoms with van der Waals surface area (Å²) in [5.74, 6) is -0.0133. The lowest BCUT2D eigenvalue weighted by atomic mass is 10.3. The predicted octanol–water partition coefficient (Wildman–Crippen LogP) is 2.96. The van der Waals surface area contributed by atoms with E-state index in [1.807, 2.05) is 0 Å². The summed E-state index contributed by atoms with van der Waals surface area (Å²) in [4.78, 5) is 16.4. The van der Waals surface area contributed by atoms with Gasteiger partial charge in [-0.3, -0.25) is 4.72 Å². The molecule has 0 aromatic carbocycles. The van der Waals surface area contributed by atoms with Gasteiger partial charge >= 0.3 is 0 Å². The Kier molecular flexibility index (Phi) is 7.07. The first-order valence-electron chi connectivity index (χ1n) is 7.90. The minimum absolute atomic E-state index is 0.0200. The van der Waals surface area contributed by atoms with Gasteiger partial charge in [-0.15, -0.1) is 0 Å². The van der Waals surface area contributed by atoms with Crippen molar-refractivity contribution in [2.45, 2.75) is 6.92 Å². The van der Waals surface area contributed by atoms with Gasteiger partial charge in [0.25, 0.3) is 0 Å². The van der Waals surface area contributed by atoms with E-state index in [1.165, 1.54) is 38.6 Å². The maximum Gasteiger partial charge on any atom is 0.233 e. The summed E-state index contributed by atoms with van der Waals surface area (Å²) in [5, 5.41) is -0.162. The van der Waals surface area contributed by atoms with Gasteiger partial charge in [-0.05, 0) is 19.1 Å². The standard InChI is InChI=1S/C17H18ClN5O4S/c1-5-8-12(11(3)26-4)27-13-14(18)21-17(16-19-9-7-10-20-16)22-15(13)23-28(24,25)6-2/h5,7-10H,1,3,6H2,2,4H3,(H,21,22,23)/b12-8+. The van der Waals surface area contributed by atoms with Crippen molar-refractivity contribution in [2.24, 2.45) is 0 Å². The van der Waals surface area contributed by atoms with Gasteiger partial charge in [0, 0.05) is 12.4 Å². The molecule has 11 heteroatoms. The molecule has 0 amide bonds. The molecular formula is C17H18ClN5O4S. The number of rotatable bonds is 9. The average Bonchev–Trinajstić information content (AvgIpc) is 2.69. The molecule has 2 aromatic rings. The fourth-order valence-electron chi connectivity index (χ4n) is 1.82. The summed E-state index contributed by atoms with van der Waals surface area (Å²) in [6.07, 6.45) is 5.89. The second-order valence-corrected chi connectivity index (χ2v) is 7.46. The molecule has 0 bridgehead atoms. The summed E-state index contributed by atoms with van der Waals surface area (Å²) >= 11 is 6.26. The summed E-state index contributed by atoms with van der Waals surface area (Å²) < 4.78 is 37.3. The molecule has 2 rings (SSSR count). The van der Waals surface area contributed by atoms with E-state index < -0.39 is 10.0 Å². The third kappa shape index (κ3) is 5.27. The van der Waals surface area contributed by atoms with Crippen LogP contribution in [0.3, 0.4) is 0 Å². The number of anilines is 1. The van der Waals surface area contributed by atoms with Gasteiger partial charge in [0.2, 0.25) is 21.6 Å². The largest absolute Gasteiger partial charge is 0.493 e. The molecule has 9 nitrogen and oxygen atoms in total. The van der Waals surface area contributed by atoms with E-state index in [2.05, 4.69) is 37.8 Å². The maximum atomic E-state index is 12.1. The van der Waals surface area contributed by atoms with E-state index in [1.54, 1.807) is 6.07 Å². The van der Waals surface area contributed by atoms with Crippen molar-refractivity contribution in [3.05, 3.63) is 60.4 Å². The number of nitrogens with one attached hydrogen (secondary N) is 1. The van der Waals surface area contributed by atoms with Gasteiger partial charge in [-0.25, -0.2) is 28.4 Å². The van der Waals surface area contributed by atoms with Crippen LogP contribution in [-0.4, -0.2) is 41.2 Å². The highest BCUT2D eigenvalue weighted by atomic mass is 35.5. The number of hydrogen-bond acceptors (Lipinski definition) is 8. The molecule has 148 valence electrons. The van der Waals surface area contributed by atoms with E-state index in [9.17, 15) is 8.42 Å². The number of aromatic nitrogens is 4. The molecule has 0 unspecified atom stereocenters. The molecule has 0 atom stereocenters. The van der Waals surface area contributed by atoms with Crippen LogP contribution in [0.1, 0.15) is 6.92 Å². The van der Waals surface area contributed by atoms with Crippen molar-refractivity contribution in [3.8, 4) is 17.4 Å². The first-order valence-corrected chi connectivity index (χ1v) is 9.93. The van der Waals surface area contributed by atoms with Gasteiger partial charge in [-0.2, -0.15) is 0 Å². The van der Waals surface area contributed by atoms with Gasteiger partial charge in [0.05, 0.1) is 12.9 Å². The molecule has 0 radical (unpaired) electrons. The van der Waals surface area contributed by atoms with Gasteiger partial charge < -0.3 is 9.47 Å². The average molecular weight is 424 g/mol. The Morgan fingerprint density at radius 3 is 2.54 bits per heavy atom. The first-order chi connectivity index (χ1) is 13.3. The number of sulfonamides is 1. The Labute approximate surface area is 167 Å². The highest BCUT2D eigenvalue weighted by molar-refractivity contribution is 7.92. The fourth-order valence-corrected chi connectivity index (χ4v) is 2.60. The van der Waals surface area contributed by atoms with Crippen molar-refractivity contribution < 1.29 is 17.9 Å². The zero-order chi connectivity index (χ0) is 20.7. The molecule has 28 heavy (non-hydrogen) atoms. The molecular weight excluding hydrogens is 406 g/mol. The Morgan fingerprint density at radius 1 is 1.29 bits per heavy atom. The second kappa shape index (κ2) is 9.29. The first kappa shape index (κ1) is 21.3. The van der Waals surface area contributed by atoms with E-state index in [-0.39, 0.29) is 45.6 Å². The lowest BCUT2D eigenvalue weighted by Crippen LogP contribution is -2.17. The minimum atomic E-state index is -3.70. The van der Waals surface area contributed by atoms with E-state index in [4.69, 9.17) is 21.1 Å². The van der Waals surface area contributed by atoms with Crippen molar-refractivity contribution in [2.75, 3.05) is 17.6 Å². The molecule has 1 N–H and O–H groups in total. The lowest BCUT2D eigenvalue weighted by molar-refractivity contribution is 0.264. The van der Waals surface area contributed by atoms with Crippen molar-refractivity contribution in [1.82, 2.24) is 19.9 Å². The predicted molar refractivity (Wildman–Crippen MR) is 106 cm³/mol. The molecule has 2 aromatic heterocycles. The van der Waals surface area contributed by atoms with Gasteiger partial charge in [0.15, 0.2) is 28.3 Å². The fraction of sp³-hybridized carbons (Fsp3) is 0.176. The van der Waals surface area contributed by atoms with Gasteiger partial charge in [0.1, 0.15) is 0 Å². The summed E-state index contributed by atoms with van der Waals surface area (Å²) in [6, 6.07) is 1.62. The lowest BCUT2D eigenvalue weighted by Gasteiger charge is -2.16. The van der Waals surface area contributed by atoms with Crippen LogP contribution >= 0.6 is 11.6 Å². The van der Waals surface area contributed by atoms with Crippen molar-refractivity contribution in [3.63, 3.8) is 0 Å². The van der Waals surface area contributed by atoms with Crippen molar-refractivity contribution >= 4 is 27.4 Å². The summed E-state index contributed by atoms with van der Waals surface area (Å²) in [6.45, 7) is 8.76. The highest BCUT2D eigenvalue weighted by Gasteiger charge is 2.22. The van der Waals surface area contributed by atoms with E-state index in [0.717, 1.165) is 0 Å². The second-order valence-electron chi connectivity index (χ2n) is 5.09.